The predicted molar refractivity (Wildman–Crippen MR) is 54.5 cm³/mol. The number of carboxylic acids is 1. The van der Waals surface area contributed by atoms with Crippen LogP contribution in [0.5, 0.6) is 0 Å². The van der Waals surface area contributed by atoms with E-state index in [-0.39, 0.29) is 24.7 Å². The Morgan fingerprint density at radius 3 is 2.50 bits per heavy atom. The van der Waals surface area contributed by atoms with Gasteiger partial charge in [0.05, 0.1) is 5.92 Å². The molecule has 16 heavy (non-hydrogen) atoms. The molecule has 0 bridgehead atoms. The van der Waals surface area contributed by atoms with Gasteiger partial charge in [0.25, 0.3) is 0 Å². The highest BCUT2D eigenvalue weighted by Crippen LogP contribution is 2.25. The molecule has 1 aromatic carbocycles. The van der Waals surface area contributed by atoms with Gasteiger partial charge in [0.2, 0.25) is 5.91 Å². The van der Waals surface area contributed by atoms with Crippen LogP contribution in [0.15, 0.2) is 24.3 Å². The van der Waals surface area contributed by atoms with Crippen LogP contribution in [0.1, 0.15) is 6.42 Å². The zero-order chi connectivity index (χ0) is 11.7. The molecule has 5 heteroatoms. The molecular formula is C11H10FNO3. The smallest absolute Gasteiger partial charge is 0.308 e. The molecule has 0 aromatic heterocycles. The molecule has 1 N–H and O–H groups in total. The maximum atomic E-state index is 12.7. The lowest BCUT2D eigenvalue weighted by molar-refractivity contribution is -0.141. The van der Waals surface area contributed by atoms with E-state index < -0.39 is 11.9 Å². The fourth-order valence-electron chi connectivity index (χ4n) is 1.74. The highest BCUT2D eigenvalue weighted by Gasteiger charge is 2.34. The van der Waals surface area contributed by atoms with Crippen molar-refractivity contribution in [3.05, 3.63) is 30.1 Å². The van der Waals surface area contributed by atoms with Gasteiger partial charge in [-0.05, 0) is 24.3 Å². The monoisotopic (exact) mass is 223 g/mol. The van der Waals surface area contributed by atoms with Crippen LogP contribution in [-0.2, 0) is 9.59 Å². The molecule has 0 spiro atoms. The predicted octanol–water partition coefficient (Wildman–Crippen LogP) is 1.26. The molecule has 0 saturated carbocycles. The van der Waals surface area contributed by atoms with Crippen LogP contribution in [0.3, 0.4) is 0 Å². The van der Waals surface area contributed by atoms with E-state index in [4.69, 9.17) is 5.11 Å². The molecule has 1 amide bonds. The summed E-state index contributed by atoms with van der Waals surface area (Å²) in [4.78, 5) is 23.7. The number of hydrogen-bond acceptors (Lipinski definition) is 2. The summed E-state index contributed by atoms with van der Waals surface area (Å²) in [5.74, 6) is -2.26. The summed E-state index contributed by atoms with van der Waals surface area (Å²) in [6, 6.07) is 5.43. The van der Waals surface area contributed by atoms with Crippen molar-refractivity contribution in [2.45, 2.75) is 6.42 Å². The molecule has 0 unspecified atom stereocenters. The van der Waals surface area contributed by atoms with Crippen LogP contribution in [0.2, 0.25) is 0 Å². The van der Waals surface area contributed by atoms with Crippen molar-refractivity contribution in [2.24, 2.45) is 5.92 Å². The average molecular weight is 223 g/mol. The van der Waals surface area contributed by atoms with Crippen LogP contribution in [0.25, 0.3) is 0 Å². The number of carbonyl (C=O) groups excluding carboxylic acids is 1. The van der Waals surface area contributed by atoms with E-state index in [1.165, 1.54) is 29.2 Å². The zero-order valence-corrected chi connectivity index (χ0v) is 8.39. The molecule has 0 aliphatic carbocycles. The Hall–Kier alpha value is -1.91. The van der Waals surface area contributed by atoms with Gasteiger partial charge in [0.1, 0.15) is 5.82 Å². The van der Waals surface area contributed by atoms with Gasteiger partial charge in [-0.1, -0.05) is 0 Å². The first-order chi connectivity index (χ1) is 7.58. The van der Waals surface area contributed by atoms with E-state index >= 15 is 0 Å². The topological polar surface area (TPSA) is 57.6 Å². The van der Waals surface area contributed by atoms with Crippen molar-refractivity contribution in [1.82, 2.24) is 0 Å². The SMILES string of the molecule is O=C(O)[C@H]1CC(=O)N(c2ccc(F)cc2)C1. The summed E-state index contributed by atoms with van der Waals surface area (Å²) in [6.07, 6.45) is 0.00666. The molecule has 1 atom stereocenters. The summed E-state index contributed by atoms with van der Waals surface area (Å²) in [5.41, 5.74) is 0.537. The van der Waals surface area contributed by atoms with Gasteiger partial charge in [-0.15, -0.1) is 0 Å². The molecule has 1 saturated heterocycles. The molecular weight excluding hydrogens is 213 g/mol. The third kappa shape index (κ3) is 1.88. The van der Waals surface area contributed by atoms with Crippen molar-refractivity contribution in [2.75, 3.05) is 11.4 Å². The van der Waals surface area contributed by atoms with E-state index in [1.54, 1.807) is 0 Å². The van der Waals surface area contributed by atoms with Gasteiger partial charge < -0.3 is 10.0 Å². The molecule has 84 valence electrons. The maximum absolute atomic E-state index is 12.7. The van der Waals surface area contributed by atoms with Crippen LogP contribution in [-0.4, -0.2) is 23.5 Å². The van der Waals surface area contributed by atoms with Crippen molar-refractivity contribution in [3.63, 3.8) is 0 Å². The molecule has 2 rings (SSSR count). The number of benzene rings is 1. The first kappa shape index (κ1) is 10.6. The fraction of sp³-hybridized carbons (Fsp3) is 0.273. The Balaban J connectivity index is 2.20. The van der Waals surface area contributed by atoms with Gasteiger partial charge in [-0.2, -0.15) is 0 Å². The summed E-state index contributed by atoms with van der Waals surface area (Å²) in [5, 5.41) is 8.80. The van der Waals surface area contributed by atoms with Crippen LogP contribution in [0, 0.1) is 11.7 Å². The largest absolute Gasteiger partial charge is 0.481 e. The van der Waals surface area contributed by atoms with Crippen LogP contribution in [0.4, 0.5) is 10.1 Å². The second kappa shape index (κ2) is 3.92. The Morgan fingerprint density at radius 1 is 1.38 bits per heavy atom. The molecule has 1 aromatic rings. The Bertz CT molecular complexity index is 429. The van der Waals surface area contributed by atoms with Crippen LogP contribution < -0.4 is 4.90 Å². The number of halogens is 1. The van der Waals surface area contributed by atoms with Crippen molar-refractivity contribution in [3.8, 4) is 0 Å². The molecule has 1 fully saturated rings. The van der Waals surface area contributed by atoms with Crippen molar-refractivity contribution < 1.29 is 19.1 Å². The first-order valence-corrected chi connectivity index (χ1v) is 4.86. The van der Waals surface area contributed by atoms with E-state index in [0.717, 1.165) is 0 Å². The minimum absolute atomic E-state index is 0.00666. The third-order valence-electron chi connectivity index (χ3n) is 2.61. The number of anilines is 1. The van der Waals surface area contributed by atoms with Crippen molar-refractivity contribution >= 4 is 17.6 Å². The lowest BCUT2D eigenvalue weighted by Gasteiger charge is -2.15. The van der Waals surface area contributed by atoms with Crippen molar-refractivity contribution in [1.29, 1.82) is 0 Å². The maximum Gasteiger partial charge on any atom is 0.308 e. The van der Waals surface area contributed by atoms with Gasteiger partial charge in [-0.25, -0.2) is 4.39 Å². The first-order valence-electron chi connectivity index (χ1n) is 4.86. The van der Waals surface area contributed by atoms with Gasteiger partial charge in [-0.3, -0.25) is 9.59 Å². The van der Waals surface area contributed by atoms with Gasteiger partial charge >= 0.3 is 5.97 Å². The average Bonchev–Trinajstić information content (AvgIpc) is 2.62. The Morgan fingerprint density at radius 2 is 2.00 bits per heavy atom. The highest BCUT2D eigenvalue weighted by atomic mass is 19.1. The zero-order valence-electron chi connectivity index (χ0n) is 8.39. The number of nitrogens with zero attached hydrogens (tertiary/aromatic N) is 1. The van der Waals surface area contributed by atoms with Gasteiger partial charge in [0, 0.05) is 18.7 Å². The molecule has 1 aliphatic heterocycles. The molecule has 1 heterocycles. The minimum atomic E-state index is -0.974. The standard InChI is InChI=1S/C11H10FNO3/c12-8-1-3-9(4-2-8)13-6-7(11(15)16)5-10(13)14/h1-4,7H,5-6H2,(H,15,16)/t7-/m0/s1. The lowest BCUT2D eigenvalue weighted by atomic mass is 10.1. The highest BCUT2D eigenvalue weighted by molar-refractivity contribution is 5.99. The fourth-order valence-corrected chi connectivity index (χ4v) is 1.74. The third-order valence-corrected chi connectivity index (χ3v) is 2.61. The number of carbonyl (C=O) groups is 2. The summed E-state index contributed by atoms with van der Waals surface area (Å²) in [6.45, 7) is 0.153. The lowest BCUT2D eigenvalue weighted by Crippen LogP contribution is -2.25. The normalized spacial score (nSPS) is 20.2. The van der Waals surface area contributed by atoms with Gasteiger partial charge in [0.15, 0.2) is 0 Å². The number of aliphatic carboxylic acids is 1. The molecule has 0 radical (unpaired) electrons. The quantitative estimate of drug-likeness (QED) is 0.821. The second-order valence-corrected chi connectivity index (χ2v) is 3.72. The molecule has 1 aliphatic rings. The van der Waals surface area contributed by atoms with E-state index in [9.17, 15) is 14.0 Å². The minimum Gasteiger partial charge on any atom is -0.481 e. The second-order valence-electron chi connectivity index (χ2n) is 3.72. The van der Waals surface area contributed by atoms with E-state index in [2.05, 4.69) is 0 Å². The van der Waals surface area contributed by atoms with E-state index in [1.807, 2.05) is 0 Å². The summed E-state index contributed by atoms with van der Waals surface area (Å²) < 4.78 is 12.7. The Kier molecular flexibility index (Phi) is 2.60. The number of hydrogen-bond donors (Lipinski definition) is 1. The summed E-state index contributed by atoms with van der Waals surface area (Å²) in [7, 11) is 0. The van der Waals surface area contributed by atoms with E-state index in [0.29, 0.717) is 5.69 Å². The summed E-state index contributed by atoms with van der Waals surface area (Å²) >= 11 is 0. The Labute approximate surface area is 91.3 Å². The molecule has 4 nitrogen and oxygen atoms in total. The number of amides is 1. The van der Waals surface area contributed by atoms with Crippen LogP contribution >= 0.6 is 0 Å². The number of rotatable bonds is 2. The number of carboxylic acid groups (broad SMARTS) is 1.